The molecule has 2 rings (SSSR count). The SMILES string of the molecule is CNC(=O)C1CCN(C(=O)CCC2CCC(N)CC2)CC1. The van der Waals surface area contributed by atoms with Gasteiger partial charge in [0.15, 0.2) is 0 Å². The van der Waals surface area contributed by atoms with Crippen LogP contribution in [0.1, 0.15) is 51.4 Å². The molecular weight excluding hydrogens is 266 g/mol. The fraction of sp³-hybridized carbons (Fsp3) is 0.875. The molecule has 0 radical (unpaired) electrons. The van der Waals surface area contributed by atoms with Crippen LogP contribution in [-0.2, 0) is 9.59 Å². The van der Waals surface area contributed by atoms with Gasteiger partial charge in [-0.3, -0.25) is 9.59 Å². The van der Waals surface area contributed by atoms with Crippen LogP contribution < -0.4 is 11.1 Å². The molecule has 120 valence electrons. The zero-order valence-electron chi connectivity index (χ0n) is 13.1. The van der Waals surface area contributed by atoms with Gasteiger partial charge in [-0.05, 0) is 50.9 Å². The van der Waals surface area contributed by atoms with Crippen LogP contribution in [0.2, 0.25) is 0 Å². The molecule has 0 spiro atoms. The largest absolute Gasteiger partial charge is 0.359 e. The Kier molecular flexibility index (Phi) is 6.03. The lowest BCUT2D eigenvalue weighted by atomic mass is 9.83. The van der Waals surface area contributed by atoms with Gasteiger partial charge in [0.05, 0.1) is 0 Å². The number of amides is 2. The van der Waals surface area contributed by atoms with E-state index in [4.69, 9.17) is 5.73 Å². The highest BCUT2D eigenvalue weighted by Crippen LogP contribution is 2.27. The number of nitrogens with one attached hydrogen (secondary N) is 1. The maximum absolute atomic E-state index is 12.3. The van der Waals surface area contributed by atoms with Crippen molar-refractivity contribution in [3.05, 3.63) is 0 Å². The molecule has 1 aliphatic heterocycles. The highest BCUT2D eigenvalue weighted by Gasteiger charge is 2.27. The number of likely N-dealkylation sites (tertiary alicyclic amines) is 1. The van der Waals surface area contributed by atoms with Gasteiger partial charge in [-0.15, -0.1) is 0 Å². The number of piperidine rings is 1. The van der Waals surface area contributed by atoms with Gasteiger partial charge < -0.3 is 16.0 Å². The van der Waals surface area contributed by atoms with Crippen LogP contribution in [0.3, 0.4) is 0 Å². The molecule has 1 heterocycles. The standard InChI is InChI=1S/C16H29N3O2/c1-18-16(21)13-8-10-19(11-9-13)15(20)7-4-12-2-5-14(17)6-3-12/h12-14H,2-11,17H2,1H3,(H,18,21). The molecule has 2 fully saturated rings. The first-order valence-corrected chi connectivity index (χ1v) is 8.35. The molecule has 1 aliphatic carbocycles. The molecule has 0 aromatic heterocycles. The molecule has 0 bridgehead atoms. The number of carbonyl (C=O) groups excluding carboxylic acids is 2. The number of carbonyl (C=O) groups is 2. The van der Waals surface area contributed by atoms with Crippen molar-refractivity contribution < 1.29 is 9.59 Å². The molecule has 1 saturated carbocycles. The first kappa shape index (κ1) is 16.3. The first-order valence-electron chi connectivity index (χ1n) is 8.35. The van der Waals surface area contributed by atoms with Crippen molar-refractivity contribution in [3.8, 4) is 0 Å². The van der Waals surface area contributed by atoms with Gasteiger partial charge in [-0.2, -0.15) is 0 Å². The lowest BCUT2D eigenvalue weighted by molar-refractivity contribution is -0.135. The van der Waals surface area contributed by atoms with Crippen LogP contribution in [0, 0.1) is 11.8 Å². The second kappa shape index (κ2) is 7.78. The Hall–Kier alpha value is -1.10. The molecule has 0 atom stereocenters. The van der Waals surface area contributed by atoms with E-state index in [0.29, 0.717) is 18.4 Å². The van der Waals surface area contributed by atoms with Crippen LogP contribution in [0.25, 0.3) is 0 Å². The van der Waals surface area contributed by atoms with Crippen molar-refractivity contribution in [2.24, 2.45) is 17.6 Å². The van der Waals surface area contributed by atoms with E-state index < -0.39 is 0 Å². The Labute approximate surface area is 127 Å². The van der Waals surface area contributed by atoms with E-state index in [1.807, 2.05) is 4.90 Å². The third-order valence-corrected chi connectivity index (χ3v) is 5.12. The van der Waals surface area contributed by atoms with Gasteiger partial charge in [-0.25, -0.2) is 0 Å². The third-order valence-electron chi connectivity index (χ3n) is 5.12. The van der Waals surface area contributed by atoms with Crippen LogP contribution >= 0.6 is 0 Å². The fourth-order valence-corrected chi connectivity index (χ4v) is 3.56. The van der Waals surface area contributed by atoms with Gasteiger partial charge in [0.2, 0.25) is 11.8 Å². The van der Waals surface area contributed by atoms with E-state index in [1.165, 1.54) is 12.8 Å². The summed E-state index contributed by atoms with van der Waals surface area (Å²) in [7, 11) is 1.68. The predicted molar refractivity (Wildman–Crippen MR) is 82.5 cm³/mol. The van der Waals surface area contributed by atoms with E-state index in [1.54, 1.807) is 7.05 Å². The normalized spacial score (nSPS) is 27.4. The molecule has 21 heavy (non-hydrogen) atoms. The molecule has 3 N–H and O–H groups in total. The molecule has 0 unspecified atom stereocenters. The molecule has 2 amide bonds. The average Bonchev–Trinajstić information content (AvgIpc) is 2.53. The van der Waals surface area contributed by atoms with Crippen molar-refractivity contribution in [3.63, 3.8) is 0 Å². The van der Waals surface area contributed by atoms with Gasteiger partial charge in [-0.1, -0.05) is 0 Å². The molecule has 1 saturated heterocycles. The zero-order valence-corrected chi connectivity index (χ0v) is 13.1. The minimum Gasteiger partial charge on any atom is -0.359 e. The molecule has 2 aliphatic rings. The third kappa shape index (κ3) is 4.70. The van der Waals surface area contributed by atoms with Crippen molar-refractivity contribution >= 4 is 11.8 Å². The maximum Gasteiger partial charge on any atom is 0.222 e. The topological polar surface area (TPSA) is 75.4 Å². The summed E-state index contributed by atoms with van der Waals surface area (Å²) < 4.78 is 0. The molecule has 0 aromatic carbocycles. The average molecular weight is 295 g/mol. The van der Waals surface area contributed by atoms with Crippen molar-refractivity contribution in [2.45, 2.75) is 57.4 Å². The quantitative estimate of drug-likeness (QED) is 0.820. The lowest BCUT2D eigenvalue weighted by Gasteiger charge is -2.32. The van der Waals surface area contributed by atoms with E-state index in [9.17, 15) is 9.59 Å². The highest BCUT2D eigenvalue weighted by atomic mass is 16.2. The highest BCUT2D eigenvalue weighted by molar-refractivity contribution is 5.79. The fourth-order valence-electron chi connectivity index (χ4n) is 3.56. The molecule has 5 nitrogen and oxygen atoms in total. The maximum atomic E-state index is 12.3. The van der Waals surface area contributed by atoms with E-state index in [0.717, 1.165) is 45.2 Å². The summed E-state index contributed by atoms with van der Waals surface area (Å²) in [5.41, 5.74) is 5.91. The number of nitrogens with zero attached hydrogens (tertiary/aromatic N) is 1. The second-order valence-corrected chi connectivity index (χ2v) is 6.59. The Morgan fingerprint density at radius 3 is 2.29 bits per heavy atom. The summed E-state index contributed by atoms with van der Waals surface area (Å²) in [6, 6.07) is 0.376. The van der Waals surface area contributed by atoms with E-state index in [-0.39, 0.29) is 17.7 Å². The first-order chi connectivity index (χ1) is 10.1. The van der Waals surface area contributed by atoms with E-state index >= 15 is 0 Å². The Balaban J connectivity index is 1.66. The summed E-state index contributed by atoms with van der Waals surface area (Å²) in [5.74, 6) is 1.14. The molecular formula is C16H29N3O2. The van der Waals surface area contributed by atoms with Gasteiger partial charge in [0.25, 0.3) is 0 Å². The minimum atomic E-state index is 0.0823. The summed E-state index contributed by atoms with van der Waals surface area (Å²) in [6.45, 7) is 1.46. The molecule has 5 heteroatoms. The smallest absolute Gasteiger partial charge is 0.222 e. The Bertz CT molecular complexity index is 357. The second-order valence-electron chi connectivity index (χ2n) is 6.59. The van der Waals surface area contributed by atoms with Crippen LogP contribution in [0.4, 0.5) is 0 Å². The van der Waals surface area contributed by atoms with Gasteiger partial charge in [0, 0.05) is 38.5 Å². The number of hydrogen-bond acceptors (Lipinski definition) is 3. The van der Waals surface area contributed by atoms with Crippen molar-refractivity contribution in [2.75, 3.05) is 20.1 Å². The van der Waals surface area contributed by atoms with Gasteiger partial charge in [0.1, 0.15) is 0 Å². The van der Waals surface area contributed by atoms with Crippen molar-refractivity contribution in [1.29, 1.82) is 0 Å². The summed E-state index contributed by atoms with van der Waals surface area (Å²) >= 11 is 0. The van der Waals surface area contributed by atoms with E-state index in [2.05, 4.69) is 5.32 Å². The van der Waals surface area contributed by atoms with Crippen LogP contribution in [-0.4, -0.2) is 42.9 Å². The van der Waals surface area contributed by atoms with Crippen molar-refractivity contribution in [1.82, 2.24) is 10.2 Å². The Morgan fingerprint density at radius 1 is 1.10 bits per heavy atom. The summed E-state index contributed by atoms with van der Waals surface area (Å²) in [4.78, 5) is 25.8. The summed E-state index contributed by atoms with van der Waals surface area (Å²) in [5, 5.41) is 2.70. The number of hydrogen-bond donors (Lipinski definition) is 2. The monoisotopic (exact) mass is 295 g/mol. The number of rotatable bonds is 4. The minimum absolute atomic E-state index is 0.0823. The summed E-state index contributed by atoms with van der Waals surface area (Å²) in [6.07, 6.45) is 7.81. The van der Waals surface area contributed by atoms with Gasteiger partial charge >= 0.3 is 0 Å². The lowest BCUT2D eigenvalue weighted by Crippen LogP contribution is -2.42. The van der Waals surface area contributed by atoms with Crippen LogP contribution in [0.5, 0.6) is 0 Å². The predicted octanol–water partition coefficient (Wildman–Crippen LogP) is 1.27. The number of nitrogens with two attached hydrogens (primary N) is 1. The molecule has 0 aromatic rings. The van der Waals surface area contributed by atoms with Crippen LogP contribution in [0.15, 0.2) is 0 Å². The zero-order chi connectivity index (χ0) is 15.2. The Morgan fingerprint density at radius 2 is 1.71 bits per heavy atom.